The van der Waals surface area contributed by atoms with Crippen molar-refractivity contribution < 1.29 is 14.3 Å². The average Bonchev–Trinajstić information content (AvgIpc) is 2.89. The topological polar surface area (TPSA) is 75.9 Å². The van der Waals surface area contributed by atoms with Crippen LogP contribution in [0.25, 0.3) is 0 Å². The monoisotopic (exact) mass is 463 g/mol. The predicted octanol–water partition coefficient (Wildman–Crippen LogP) is 3.95. The first-order valence-corrected chi connectivity index (χ1v) is 12.6. The molecule has 182 valence electrons. The van der Waals surface area contributed by atoms with Crippen molar-refractivity contribution in [2.24, 2.45) is 11.1 Å². The number of carbonyl (C=O) groups excluding carboxylic acids is 2. The summed E-state index contributed by atoms with van der Waals surface area (Å²) in [5.74, 6) is 1.06. The smallest absolute Gasteiger partial charge is 0.244 e. The number of carbonyl (C=O) groups is 2. The lowest BCUT2D eigenvalue weighted by Crippen LogP contribution is -2.52. The van der Waals surface area contributed by atoms with Crippen molar-refractivity contribution in [1.29, 1.82) is 0 Å². The molecule has 0 radical (unpaired) electrons. The summed E-state index contributed by atoms with van der Waals surface area (Å²) in [6, 6.07) is 17.1. The number of nitrogens with zero attached hydrogens (tertiary/aromatic N) is 2. The molecule has 1 spiro atoms. The van der Waals surface area contributed by atoms with Gasteiger partial charge in [-0.2, -0.15) is 0 Å². The number of likely N-dealkylation sites (N-methyl/N-ethyl adjacent to an activating group) is 1. The number of fused-ring (bicyclic) bond motifs is 1. The van der Waals surface area contributed by atoms with Crippen molar-refractivity contribution in [3.8, 4) is 5.75 Å². The Morgan fingerprint density at radius 3 is 2.41 bits per heavy atom. The zero-order valence-electron chi connectivity index (χ0n) is 20.2. The highest BCUT2D eigenvalue weighted by Gasteiger charge is 2.43. The summed E-state index contributed by atoms with van der Waals surface area (Å²) in [5.41, 5.74) is 7.93. The van der Waals surface area contributed by atoms with Crippen LogP contribution in [0.4, 0.5) is 0 Å². The van der Waals surface area contributed by atoms with Crippen molar-refractivity contribution in [1.82, 2.24) is 9.80 Å². The molecule has 6 heteroatoms. The molecule has 0 aromatic heterocycles. The van der Waals surface area contributed by atoms with Crippen LogP contribution in [0.1, 0.15) is 55.7 Å². The van der Waals surface area contributed by atoms with Gasteiger partial charge in [0, 0.05) is 20.1 Å². The summed E-state index contributed by atoms with van der Waals surface area (Å²) >= 11 is 0. The van der Waals surface area contributed by atoms with E-state index in [1.54, 1.807) is 0 Å². The third-order valence-corrected chi connectivity index (χ3v) is 7.52. The fraction of sp³-hybridized carbons (Fsp3) is 0.500. The highest BCUT2D eigenvalue weighted by molar-refractivity contribution is 5.85. The molecule has 6 nitrogen and oxygen atoms in total. The van der Waals surface area contributed by atoms with Gasteiger partial charge in [-0.3, -0.25) is 9.59 Å². The molecule has 2 heterocycles. The van der Waals surface area contributed by atoms with E-state index in [4.69, 9.17) is 10.5 Å². The number of hydrogen-bond donors (Lipinski definition) is 1. The molecule has 34 heavy (non-hydrogen) atoms. The van der Waals surface area contributed by atoms with Crippen molar-refractivity contribution in [3.05, 3.63) is 65.7 Å². The first kappa shape index (κ1) is 24.3. The number of amides is 2. The van der Waals surface area contributed by atoms with E-state index in [0.717, 1.165) is 43.4 Å². The quantitative estimate of drug-likeness (QED) is 0.732. The molecule has 1 saturated heterocycles. The second-order valence-corrected chi connectivity index (χ2v) is 9.74. The van der Waals surface area contributed by atoms with Gasteiger partial charge in [-0.15, -0.1) is 0 Å². The summed E-state index contributed by atoms with van der Waals surface area (Å²) < 4.78 is 6.05. The van der Waals surface area contributed by atoms with E-state index < -0.39 is 11.5 Å². The number of benzene rings is 2. The van der Waals surface area contributed by atoms with Gasteiger partial charge in [0.25, 0.3) is 0 Å². The van der Waals surface area contributed by atoms with Gasteiger partial charge in [-0.05, 0) is 49.3 Å². The minimum atomic E-state index is -0.660. The number of ether oxygens (including phenoxy) is 1. The molecule has 1 atom stereocenters. The van der Waals surface area contributed by atoms with E-state index in [2.05, 4.69) is 12.1 Å². The van der Waals surface area contributed by atoms with Crippen LogP contribution in [-0.4, -0.2) is 54.9 Å². The van der Waals surface area contributed by atoms with Gasteiger partial charge >= 0.3 is 0 Å². The molecular formula is C28H37N3O3. The third-order valence-electron chi connectivity index (χ3n) is 7.52. The summed E-state index contributed by atoms with van der Waals surface area (Å²) in [4.78, 5) is 30.4. The van der Waals surface area contributed by atoms with Gasteiger partial charge < -0.3 is 20.3 Å². The van der Waals surface area contributed by atoms with Gasteiger partial charge in [0.2, 0.25) is 11.8 Å². The zero-order chi connectivity index (χ0) is 24.0. The Morgan fingerprint density at radius 2 is 1.65 bits per heavy atom. The molecule has 0 aliphatic carbocycles. The van der Waals surface area contributed by atoms with Crippen molar-refractivity contribution >= 4 is 11.8 Å². The van der Waals surface area contributed by atoms with Crippen molar-refractivity contribution in [2.75, 3.05) is 33.3 Å². The molecule has 1 fully saturated rings. The van der Waals surface area contributed by atoms with E-state index in [-0.39, 0.29) is 11.8 Å². The lowest BCUT2D eigenvalue weighted by molar-refractivity contribution is -0.148. The number of rotatable bonds is 2. The molecule has 0 unspecified atom stereocenters. The van der Waals surface area contributed by atoms with E-state index in [1.807, 2.05) is 59.3 Å². The number of aryl methyl sites for hydroxylation is 1. The summed E-state index contributed by atoms with van der Waals surface area (Å²) in [6.45, 7) is 2.17. The summed E-state index contributed by atoms with van der Waals surface area (Å²) in [7, 11) is 1.88. The maximum Gasteiger partial charge on any atom is 0.244 e. The Morgan fingerprint density at radius 1 is 0.941 bits per heavy atom. The lowest BCUT2D eigenvalue weighted by atomic mass is 9.73. The number of hydrogen-bond acceptors (Lipinski definition) is 4. The fourth-order valence-corrected chi connectivity index (χ4v) is 5.33. The molecule has 2 aliphatic rings. The minimum absolute atomic E-state index is 0.0577. The maximum absolute atomic E-state index is 13.6. The van der Waals surface area contributed by atoms with E-state index >= 15 is 0 Å². The molecular weight excluding hydrogens is 426 g/mol. The molecule has 2 aliphatic heterocycles. The lowest BCUT2D eigenvalue weighted by Gasteiger charge is -2.43. The standard InChI is InChI=1S/C28H37N3O3/c1-30-20-21-34-24-14-8-7-11-22(24)10-6-3-9-15-28(27(30)33)16-18-31(19-17-28)26(32)25(29)23-12-4-2-5-13-23/h2,4-5,7-8,11-14,25H,3,6,9-10,15-21,29H2,1H3/t25-/m1/s1. The second-order valence-electron chi connectivity index (χ2n) is 9.74. The third kappa shape index (κ3) is 5.44. The first-order valence-electron chi connectivity index (χ1n) is 12.6. The van der Waals surface area contributed by atoms with Gasteiger partial charge in [0.05, 0.1) is 12.0 Å². The molecule has 4 rings (SSSR count). The van der Waals surface area contributed by atoms with Crippen LogP contribution in [0, 0.1) is 5.41 Å². The van der Waals surface area contributed by atoms with Gasteiger partial charge in [-0.25, -0.2) is 0 Å². The largest absolute Gasteiger partial charge is 0.491 e. The van der Waals surface area contributed by atoms with Crippen LogP contribution in [-0.2, 0) is 16.0 Å². The van der Waals surface area contributed by atoms with Crippen LogP contribution in [0.2, 0.25) is 0 Å². The Bertz CT molecular complexity index is 970. The first-order chi connectivity index (χ1) is 16.5. The van der Waals surface area contributed by atoms with Crippen LogP contribution >= 0.6 is 0 Å². The molecule has 0 saturated carbocycles. The zero-order valence-corrected chi connectivity index (χ0v) is 20.2. The second kappa shape index (κ2) is 11.0. The van der Waals surface area contributed by atoms with Crippen molar-refractivity contribution in [2.45, 2.75) is 51.0 Å². The molecule has 2 amide bonds. The Labute approximate surface area is 203 Å². The number of piperidine rings is 1. The van der Waals surface area contributed by atoms with Crippen LogP contribution < -0.4 is 10.5 Å². The highest BCUT2D eigenvalue weighted by Crippen LogP contribution is 2.39. The van der Waals surface area contributed by atoms with E-state index in [1.165, 1.54) is 5.56 Å². The Kier molecular flexibility index (Phi) is 7.88. The number of nitrogens with two attached hydrogens (primary N) is 1. The van der Waals surface area contributed by atoms with Crippen LogP contribution in [0.15, 0.2) is 54.6 Å². The summed E-state index contributed by atoms with van der Waals surface area (Å²) in [5, 5.41) is 0. The average molecular weight is 464 g/mol. The van der Waals surface area contributed by atoms with Gasteiger partial charge in [0.15, 0.2) is 0 Å². The maximum atomic E-state index is 13.6. The highest BCUT2D eigenvalue weighted by atomic mass is 16.5. The molecule has 2 aromatic rings. The van der Waals surface area contributed by atoms with Crippen LogP contribution in [0.3, 0.4) is 0 Å². The van der Waals surface area contributed by atoms with Crippen molar-refractivity contribution in [3.63, 3.8) is 0 Å². The Balaban J connectivity index is 1.42. The fourth-order valence-electron chi connectivity index (χ4n) is 5.33. The molecule has 2 N–H and O–H groups in total. The van der Waals surface area contributed by atoms with E-state index in [9.17, 15) is 9.59 Å². The van der Waals surface area contributed by atoms with Gasteiger partial charge in [-0.1, -0.05) is 61.4 Å². The van der Waals surface area contributed by atoms with E-state index in [0.29, 0.717) is 39.1 Å². The predicted molar refractivity (Wildman–Crippen MR) is 133 cm³/mol. The molecule has 0 bridgehead atoms. The SMILES string of the molecule is CN1CCOc2ccccc2CCCCCC2(CCN(C(=O)[C@H](N)c3ccccc3)CC2)C1=O. The van der Waals surface area contributed by atoms with Gasteiger partial charge in [0.1, 0.15) is 18.4 Å². The van der Waals surface area contributed by atoms with Crippen LogP contribution in [0.5, 0.6) is 5.75 Å². The Hall–Kier alpha value is -2.86. The normalized spacial score (nSPS) is 20.4. The number of para-hydroxylation sites is 1. The minimum Gasteiger partial charge on any atom is -0.491 e. The molecule has 2 aromatic carbocycles. The summed E-state index contributed by atoms with van der Waals surface area (Å²) in [6.07, 6.45) is 6.40. The number of likely N-dealkylation sites (tertiary alicyclic amines) is 1.